The monoisotopic (exact) mass is 368 g/mol. The van der Waals surface area contributed by atoms with Gasteiger partial charge in [0.15, 0.2) is 0 Å². The van der Waals surface area contributed by atoms with Gasteiger partial charge in [0.25, 0.3) is 0 Å². The van der Waals surface area contributed by atoms with Gasteiger partial charge in [-0.25, -0.2) is 13.1 Å². The Morgan fingerprint density at radius 2 is 2.00 bits per heavy atom. The van der Waals surface area contributed by atoms with Gasteiger partial charge in [0.1, 0.15) is 0 Å². The first-order valence-electron chi connectivity index (χ1n) is 8.06. The molecule has 1 aromatic carbocycles. The van der Waals surface area contributed by atoms with Crippen LogP contribution in [0.15, 0.2) is 23.6 Å². The van der Waals surface area contributed by atoms with E-state index in [-0.39, 0.29) is 5.91 Å². The number of carbonyl (C=O) groups is 1. The molecule has 2 rings (SSSR count). The first-order chi connectivity index (χ1) is 11.3. The number of nitrogens with one attached hydrogen (secondary N) is 2. The average Bonchev–Trinajstić information content (AvgIpc) is 2.95. The van der Waals surface area contributed by atoms with Crippen LogP contribution < -0.4 is 10.0 Å². The van der Waals surface area contributed by atoms with Crippen LogP contribution in [0.25, 0.3) is 10.1 Å². The van der Waals surface area contributed by atoms with E-state index in [9.17, 15) is 13.2 Å². The second-order valence-corrected chi connectivity index (χ2v) is 9.36. The van der Waals surface area contributed by atoms with Crippen LogP contribution in [0.5, 0.6) is 0 Å². The van der Waals surface area contributed by atoms with Gasteiger partial charge in [-0.2, -0.15) is 0 Å². The van der Waals surface area contributed by atoms with Gasteiger partial charge in [-0.15, -0.1) is 11.3 Å². The molecule has 0 radical (unpaired) electrons. The Hall–Kier alpha value is -1.44. The molecule has 7 heteroatoms. The van der Waals surface area contributed by atoms with Gasteiger partial charge < -0.3 is 5.32 Å². The van der Waals surface area contributed by atoms with Crippen LogP contribution in [0.4, 0.5) is 5.69 Å². The fraction of sp³-hybridized carbons (Fsp3) is 0.471. The number of sulfonamides is 1. The van der Waals surface area contributed by atoms with Gasteiger partial charge >= 0.3 is 0 Å². The molecule has 0 aliphatic heterocycles. The van der Waals surface area contributed by atoms with Gasteiger partial charge in [0.2, 0.25) is 15.9 Å². The molecule has 132 valence electrons. The van der Waals surface area contributed by atoms with E-state index in [1.54, 1.807) is 25.2 Å². The first kappa shape index (κ1) is 18.9. The summed E-state index contributed by atoms with van der Waals surface area (Å²) in [6.07, 6.45) is 1.66. The molecule has 2 aromatic rings. The molecule has 0 aliphatic rings. The molecule has 5 nitrogen and oxygen atoms in total. The molecular formula is C17H24N2O3S2. The number of fused-ring (bicyclic) bond motifs is 1. The first-order valence-corrected chi connectivity index (χ1v) is 10.5. The van der Waals surface area contributed by atoms with E-state index in [4.69, 9.17) is 0 Å². The van der Waals surface area contributed by atoms with Crippen molar-refractivity contribution in [1.29, 1.82) is 0 Å². The molecule has 0 saturated heterocycles. The minimum Gasteiger partial charge on any atom is -0.326 e. The van der Waals surface area contributed by atoms with E-state index in [0.717, 1.165) is 16.6 Å². The second kappa shape index (κ2) is 8.09. The minimum absolute atomic E-state index is 0.0457. The molecule has 0 aliphatic carbocycles. The number of hydrogen-bond donors (Lipinski definition) is 2. The Morgan fingerprint density at radius 1 is 1.25 bits per heavy atom. The lowest BCUT2D eigenvalue weighted by atomic mass is 10.1. The van der Waals surface area contributed by atoms with Crippen molar-refractivity contribution in [3.63, 3.8) is 0 Å². The van der Waals surface area contributed by atoms with Crippen molar-refractivity contribution in [3.8, 4) is 0 Å². The third-order valence-electron chi connectivity index (χ3n) is 3.78. The second-order valence-electron chi connectivity index (χ2n) is 6.13. The molecule has 0 spiro atoms. The molecular weight excluding hydrogens is 344 g/mol. The van der Waals surface area contributed by atoms with Gasteiger partial charge in [0, 0.05) is 23.4 Å². The highest BCUT2D eigenvalue weighted by atomic mass is 32.2. The Labute approximate surface area is 147 Å². The Balaban J connectivity index is 1.77. The fourth-order valence-electron chi connectivity index (χ4n) is 2.35. The average molecular weight is 369 g/mol. The van der Waals surface area contributed by atoms with Crippen LogP contribution >= 0.6 is 11.3 Å². The SMILES string of the molecule is Cc1cc(NC(=O)CCCCNS(=O)(=O)C(C)C)cc2ccsc12. The van der Waals surface area contributed by atoms with Crippen LogP contribution in [0.1, 0.15) is 38.7 Å². The normalized spacial score (nSPS) is 12.0. The van der Waals surface area contributed by atoms with Gasteiger partial charge in [-0.05, 0) is 68.1 Å². The number of aryl methyl sites for hydroxylation is 1. The van der Waals surface area contributed by atoms with Crippen molar-refractivity contribution in [2.24, 2.45) is 0 Å². The lowest BCUT2D eigenvalue weighted by Crippen LogP contribution is -2.31. The van der Waals surface area contributed by atoms with Gasteiger partial charge in [-0.3, -0.25) is 4.79 Å². The molecule has 0 unspecified atom stereocenters. The third-order valence-corrected chi connectivity index (χ3v) is 6.69. The number of anilines is 1. The number of thiophene rings is 1. The zero-order chi connectivity index (χ0) is 17.7. The lowest BCUT2D eigenvalue weighted by molar-refractivity contribution is -0.116. The van der Waals surface area contributed by atoms with E-state index >= 15 is 0 Å². The summed E-state index contributed by atoms with van der Waals surface area (Å²) < 4.78 is 27.0. The van der Waals surface area contributed by atoms with Crippen LogP contribution in [0.3, 0.4) is 0 Å². The fourth-order valence-corrected chi connectivity index (χ4v) is 3.97. The zero-order valence-electron chi connectivity index (χ0n) is 14.3. The predicted octanol–water partition coefficient (Wildman–Crippen LogP) is 3.65. The number of amides is 1. The van der Waals surface area contributed by atoms with Crippen molar-refractivity contribution in [2.75, 3.05) is 11.9 Å². The van der Waals surface area contributed by atoms with Crippen molar-refractivity contribution in [1.82, 2.24) is 4.72 Å². The molecule has 1 heterocycles. The smallest absolute Gasteiger partial charge is 0.224 e. The molecule has 2 N–H and O–H groups in total. The number of carbonyl (C=O) groups excluding carboxylic acids is 1. The summed E-state index contributed by atoms with van der Waals surface area (Å²) in [5, 5.41) is 5.66. The lowest BCUT2D eigenvalue weighted by Gasteiger charge is -2.09. The summed E-state index contributed by atoms with van der Waals surface area (Å²) in [6, 6.07) is 6.00. The molecule has 1 aromatic heterocycles. The molecule has 1 amide bonds. The largest absolute Gasteiger partial charge is 0.326 e. The Morgan fingerprint density at radius 3 is 2.71 bits per heavy atom. The number of hydrogen-bond acceptors (Lipinski definition) is 4. The van der Waals surface area contributed by atoms with E-state index < -0.39 is 15.3 Å². The van der Waals surface area contributed by atoms with Crippen LogP contribution in [0.2, 0.25) is 0 Å². The predicted molar refractivity (Wildman–Crippen MR) is 101 cm³/mol. The van der Waals surface area contributed by atoms with Crippen molar-refractivity contribution >= 4 is 43.0 Å². The van der Waals surface area contributed by atoms with E-state index in [1.165, 1.54) is 4.70 Å². The summed E-state index contributed by atoms with van der Waals surface area (Å²) in [7, 11) is -3.22. The maximum Gasteiger partial charge on any atom is 0.224 e. The Kier molecular flexibility index (Phi) is 6.37. The summed E-state index contributed by atoms with van der Waals surface area (Å²) in [4.78, 5) is 12.0. The molecule has 0 atom stereocenters. The highest BCUT2D eigenvalue weighted by molar-refractivity contribution is 7.90. The maximum atomic E-state index is 12.0. The van der Waals surface area contributed by atoms with Crippen molar-refractivity contribution in [3.05, 3.63) is 29.1 Å². The van der Waals surface area contributed by atoms with Crippen LogP contribution in [-0.2, 0) is 14.8 Å². The zero-order valence-corrected chi connectivity index (χ0v) is 15.9. The summed E-state index contributed by atoms with van der Waals surface area (Å²) in [5.41, 5.74) is 1.96. The van der Waals surface area contributed by atoms with E-state index in [2.05, 4.69) is 10.0 Å². The molecule has 24 heavy (non-hydrogen) atoms. The van der Waals surface area contributed by atoms with Crippen LogP contribution in [0, 0.1) is 6.92 Å². The number of rotatable bonds is 8. The highest BCUT2D eigenvalue weighted by Gasteiger charge is 2.14. The number of benzene rings is 1. The summed E-state index contributed by atoms with van der Waals surface area (Å²) in [5.74, 6) is -0.0457. The minimum atomic E-state index is -3.22. The highest BCUT2D eigenvalue weighted by Crippen LogP contribution is 2.28. The van der Waals surface area contributed by atoms with Crippen LogP contribution in [-0.4, -0.2) is 26.1 Å². The van der Waals surface area contributed by atoms with Crippen molar-refractivity contribution in [2.45, 2.75) is 45.3 Å². The summed E-state index contributed by atoms with van der Waals surface area (Å²) >= 11 is 1.70. The van der Waals surface area contributed by atoms with Crippen molar-refractivity contribution < 1.29 is 13.2 Å². The van der Waals surface area contributed by atoms with Gasteiger partial charge in [0.05, 0.1) is 5.25 Å². The van der Waals surface area contributed by atoms with E-state index in [0.29, 0.717) is 25.8 Å². The summed E-state index contributed by atoms with van der Waals surface area (Å²) in [6.45, 7) is 5.69. The quantitative estimate of drug-likeness (QED) is 0.699. The molecule has 0 fully saturated rings. The molecule has 0 saturated carbocycles. The maximum absolute atomic E-state index is 12.0. The van der Waals surface area contributed by atoms with E-state index in [1.807, 2.05) is 30.5 Å². The van der Waals surface area contributed by atoms with Gasteiger partial charge in [-0.1, -0.05) is 0 Å². The molecule has 0 bridgehead atoms. The number of unbranched alkanes of at least 4 members (excludes halogenated alkanes) is 1. The standard InChI is InChI=1S/C17H24N2O3S2/c1-12(2)24(21,22)18-8-5-4-6-16(20)19-15-10-13(3)17-14(11-15)7-9-23-17/h7,9-12,18H,4-6,8H2,1-3H3,(H,19,20). The topological polar surface area (TPSA) is 75.3 Å². The third kappa shape index (κ3) is 5.03. The Bertz CT molecular complexity index is 810.